The Labute approximate surface area is 175 Å². The Morgan fingerprint density at radius 3 is 1.90 bits per heavy atom. The zero-order valence-electron chi connectivity index (χ0n) is 17.6. The van der Waals surface area contributed by atoms with Gasteiger partial charge in [-0.25, -0.2) is 4.98 Å². The number of carbonyl (C=O) groups excluding carboxylic acids is 1. The minimum atomic E-state index is -0.221. The molecule has 30 heavy (non-hydrogen) atoms. The molecule has 0 aliphatic heterocycles. The third-order valence-corrected chi connectivity index (χ3v) is 4.52. The molecule has 0 aliphatic carbocycles. The molecule has 2 aromatic carbocycles. The molecule has 0 atom stereocenters. The molecule has 0 saturated carbocycles. The highest BCUT2D eigenvalue weighted by molar-refractivity contribution is 5.90. The number of anilines is 1. The first-order valence-corrected chi connectivity index (χ1v) is 9.24. The van der Waals surface area contributed by atoms with E-state index in [9.17, 15) is 4.79 Å². The van der Waals surface area contributed by atoms with Crippen molar-refractivity contribution in [2.75, 3.05) is 33.8 Å². The monoisotopic (exact) mass is 408 g/mol. The number of aromatic nitrogens is 1. The standard InChI is InChI=1S/C23H24N2O5/c1-14(26)24-21-13-15(16-8-6-10-19(27-2)22(16)29-4)12-18(25-21)17-9-7-11-20(28-3)23(17)30-5/h6-13H,1-5H3,(H,24,25,26). The zero-order valence-corrected chi connectivity index (χ0v) is 17.6. The van der Waals surface area contributed by atoms with Gasteiger partial charge in [0.15, 0.2) is 23.0 Å². The number of hydrogen-bond acceptors (Lipinski definition) is 6. The maximum absolute atomic E-state index is 11.7. The van der Waals surface area contributed by atoms with E-state index in [1.807, 2.05) is 42.5 Å². The van der Waals surface area contributed by atoms with E-state index in [0.29, 0.717) is 34.5 Å². The van der Waals surface area contributed by atoms with E-state index < -0.39 is 0 Å². The molecule has 1 amide bonds. The number of hydrogen-bond donors (Lipinski definition) is 1. The predicted molar refractivity (Wildman–Crippen MR) is 116 cm³/mol. The van der Waals surface area contributed by atoms with Crippen LogP contribution in [0.4, 0.5) is 5.82 Å². The van der Waals surface area contributed by atoms with E-state index >= 15 is 0 Å². The van der Waals surface area contributed by atoms with Crippen molar-refractivity contribution in [1.29, 1.82) is 0 Å². The molecule has 156 valence electrons. The van der Waals surface area contributed by atoms with Gasteiger partial charge in [-0.3, -0.25) is 4.79 Å². The van der Waals surface area contributed by atoms with Gasteiger partial charge in [0.25, 0.3) is 0 Å². The molecule has 0 bridgehead atoms. The van der Waals surface area contributed by atoms with E-state index in [1.54, 1.807) is 34.5 Å². The first kappa shape index (κ1) is 21.0. The largest absolute Gasteiger partial charge is 0.493 e. The second-order valence-corrected chi connectivity index (χ2v) is 6.39. The lowest BCUT2D eigenvalue weighted by Gasteiger charge is -2.16. The maximum Gasteiger partial charge on any atom is 0.222 e. The Hall–Kier alpha value is -3.74. The van der Waals surface area contributed by atoms with Crippen molar-refractivity contribution >= 4 is 11.7 Å². The first-order valence-electron chi connectivity index (χ1n) is 9.24. The summed E-state index contributed by atoms with van der Waals surface area (Å²) in [7, 11) is 6.33. The predicted octanol–water partition coefficient (Wildman–Crippen LogP) is 4.41. The van der Waals surface area contributed by atoms with Crippen molar-refractivity contribution in [3.05, 3.63) is 48.5 Å². The van der Waals surface area contributed by atoms with E-state index in [2.05, 4.69) is 10.3 Å². The molecule has 0 radical (unpaired) electrons. The minimum absolute atomic E-state index is 0.221. The van der Waals surface area contributed by atoms with Crippen molar-refractivity contribution in [1.82, 2.24) is 4.98 Å². The Morgan fingerprint density at radius 1 is 0.800 bits per heavy atom. The second kappa shape index (κ2) is 9.17. The summed E-state index contributed by atoms with van der Waals surface area (Å²) in [5.41, 5.74) is 2.93. The van der Waals surface area contributed by atoms with E-state index in [0.717, 1.165) is 16.7 Å². The van der Waals surface area contributed by atoms with Gasteiger partial charge in [-0.1, -0.05) is 18.2 Å². The maximum atomic E-state index is 11.7. The van der Waals surface area contributed by atoms with E-state index in [-0.39, 0.29) is 5.91 Å². The third-order valence-electron chi connectivity index (χ3n) is 4.52. The van der Waals surface area contributed by atoms with Crippen LogP contribution in [0, 0.1) is 0 Å². The molecule has 1 heterocycles. The van der Waals surface area contributed by atoms with Crippen LogP contribution in [0.2, 0.25) is 0 Å². The molecular formula is C23H24N2O5. The molecular weight excluding hydrogens is 384 g/mol. The van der Waals surface area contributed by atoms with Crippen molar-refractivity contribution in [3.63, 3.8) is 0 Å². The fourth-order valence-electron chi connectivity index (χ4n) is 3.27. The summed E-state index contributed by atoms with van der Waals surface area (Å²) in [6.07, 6.45) is 0. The number of benzene rings is 2. The van der Waals surface area contributed by atoms with Crippen LogP contribution in [-0.2, 0) is 4.79 Å². The smallest absolute Gasteiger partial charge is 0.222 e. The summed E-state index contributed by atoms with van der Waals surface area (Å²) >= 11 is 0. The molecule has 0 fully saturated rings. The van der Waals surface area contributed by atoms with Crippen LogP contribution < -0.4 is 24.3 Å². The van der Waals surface area contributed by atoms with E-state index in [4.69, 9.17) is 18.9 Å². The summed E-state index contributed by atoms with van der Waals surface area (Å²) in [6, 6.07) is 14.9. The van der Waals surface area contributed by atoms with Gasteiger partial charge in [-0.15, -0.1) is 0 Å². The number of methoxy groups -OCH3 is 4. The minimum Gasteiger partial charge on any atom is -0.493 e. The molecule has 1 aromatic heterocycles. The molecule has 1 N–H and O–H groups in total. The molecule has 7 heteroatoms. The Kier molecular flexibility index (Phi) is 6.41. The van der Waals surface area contributed by atoms with Gasteiger partial charge in [0.2, 0.25) is 5.91 Å². The lowest BCUT2D eigenvalue weighted by atomic mass is 10.0. The highest BCUT2D eigenvalue weighted by atomic mass is 16.5. The molecule has 0 spiro atoms. The van der Waals surface area contributed by atoms with Crippen LogP contribution in [0.3, 0.4) is 0 Å². The van der Waals surface area contributed by atoms with Crippen LogP contribution >= 0.6 is 0 Å². The lowest BCUT2D eigenvalue weighted by molar-refractivity contribution is -0.114. The third kappa shape index (κ3) is 4.15. The van der Waals surface area contributed by atoms with Gasteiger partial charge in [0, 0.05) is 18.1 Å². The molecule has 0 saturated heterocycles. The topological polar surface area (TPSA) is 78.9 Å². The number of nitrogens with zero attached hydrogens (tertiary/aromatic N) is 1. The molecule has 0 aliphatic rings. The number of para-hydroxylation sites is 2. The van der Waals surface area contributed by atoms with Crippen LogP contribution in [0.1, 0.15) is 6.92 Å². The summed E-state index contributed by atoms with van der Waals surface area (Å²) in [6.45, 7) is 1.44. The zero-order chi connectivity index (χ0) is 21.7. The van der Waals surface area contributed by atoms with Crippen molar-refractivity contribution in [2.24, 2.45) is 0 Å². The van der Waals surface area contributed by atoms with Gasteiger partial charge in [0.1, 0.15) is 5.82 Å². The van der Waals surface area contributed by atoms with Crippen LogP contribution in [0.15, 0.2) is 48.5 Å². The fourth-order valence-corrected chi connectivity index (χ4v) is 3.27. The number of pyridine rings is 1. The normalized spacial score (nSPS) is 10.3. The van der Waals surface area contributed by atoms with Gasteiger partial charge >= 0.3 is 0 Å². The van der Waals surface area contributed by atoms with Gasteiger partial charge in [-0.2, -0.15) is 0 Å². The quantitative estimate of drug-likeness (QED) is 0.624. The SMILES string of the molecule is COc1cccc(-c2cc(NC(C)=O)nc(-c3cccc(OC)c3OC)c2)c1OC. The van der Waals surface area contributed by atoms with Crippen LogP contribution in [0.5, 0.6) is 23.0 Å². The van der Waals surface area contributed by atoms with Gasteiger partial charge in [0.05, 0.1) is 34.1 Å². The van der Waals surface area contributed by atoms with Crippen molar-refractivity contribution in [3.8, 4) is 45.4 Å². The van der Waals surface area contributed by atoms with Crippen molar-refractivity contribution in [2.45, 2.75) is 6.92 Å². The molecule has 7 nitrogen and oxygen atoms in total. The molecule has 3 rings (SSSR count). The van der Waals surface area contributed by atoms with Crippen LogP contribution in [0.25, 0.3) is 22.4 Å². The fraction of sp³-hybridized carbons (Fsp3) is 0.217. The number of nitrogens with one attached hydrogen (secondary N) is 1. The Balaban J connectivity index is 2.27. The summed E-state index contributed by atoms with van der Waals surface area (Å²) < 4.78 is 22.0. The lowest BCUT2D eigenvalue weighted by Crippen LogP contribution is -2.08. The number of carbonyl (C=O) groups is 1. The van der Waals surface area contributed by atoms with E-state index in [1.165, 1.54) is 6.92 Å². The van der Waals surface area contributed by atoms with Gasteiger partial charge in [-0.05, 0) is 35.9 Å². The summed E-state index contributed by atoms with van der Waals surface area (Å²) in [4.78, 5) is 16.3. The average Bonchev–Trinajstić information content (AvgIpc) is 2.76. The summed E-state index contributed by atoms with van der Waals surface area (Å²) in [5, 5.41) is 2.76. The van der Waals surface area contributed by atoms with Crippen LogP contribution in [-0.4, -0.2) is 39.3 Å². The number of ether oxygens (including phenoxy) is 4. The average molecular weight is 408 g/mol. The Morgan fingerprint density at radius 2 is 1.37 bits per heavy atom. The molecule has 0 unspecified atom stereocenters. The number of rotatable bonds is 7. The summed E-state index contributed by atoms with van der Waals surface area (Å²) in [5.74, 6) is 2.51. The highest BCUT2D eigenvalue weighted by Gasteiger charge is 2.18. The highest BCUT2D eigenvalue weighted by Crippen LogP contribution is 2.42. The Bertz CT molecular complexity index is 992. The van der Waals surface area contributed by atoms with Crippen molar-refractivity contribution < 1.29 is 23.7 Å². The second-order valence-electron chi connectivity index (χ2n) is 6.39. The van der Waals surface area contributed by atoms with Gasteiger partial charge < -0.3 is 24.3 Å². The molecule has 3 aromatic rings. The number of amides is 1. The first-order chi connectivity index (χ1) is 14.5.